The van der Waals surface area contributed by atoms with E-state index >= 15 is 0 Å². The van der Waals surface area contributed by atoms with Crippen molar-refractivity contribution >= 4 is 35.1 Å². The van der Waals surface area contributed by atoms with Gasteiger partial charge in [-0.25, -0.2) is 0 Å². The summed E-state index contributed by atoms with van der Waals surface area (Å²) in [4.78, 5) is 23.3. The smallest absolute Gasteiger partial charge is 0.305 e. The van der Waals surface area contributed by atoms with Gasteiger partial charge < -0.3 is 10.4 Å². The molecule has 1 unspecified atom stereocenters. The Labute approximate surface area is 156 Å². The van der Waals surface area contributed by atoms with Gasteiger partial charge in [-0.05, 0) is 36.1 Å². The first kappa shape index (κ1) is 19.3. The summed E-state index contributed by atoms with van der Waals surface area (Å²) in [5.74, 6) is -1.18. The lowest BCUT2D eigenvalue weighted by atomic mass is 10.0. The first-order chi connectivity index (χ1) is 11.9. The van der Waals surface area contributed by atoms with Crippen LogP contribution in [-0.2, 0) is 22.4 Å². The van der Waals surface area contributed by atoms with Crippen LogP contribution in [0.25, 0.3) is 0 Å². The van der Waals surface area contributed by atoms with Crippen LogP contribution in [0.3, 0.4) is 0 Å². The summed E-state index contributed by atoms with van der Waals surface area (Å²) in [7, 11) is 0. The third-order valence-corrected chi connectivity index (χ3v) is 4.50. The molecule has 2 aromatic carbocycles. The number of aliphatic carboxylic acids is 1. The molecule has 0 spiro atoms. The monoisotopic (exact) mass is 379 g/mol. The number of hydrogen-bond donors (Lipinski definition) is 2. The molecule has 0 aliphatic carbocycles. The topological polar surface area (TPSA) is 66.4 Å². The molecule has 2 N–H and O–H groups in total. The predicted octanol–water partition coefficient (Wildman–Crippen LogP) is 4.13. The fourth-order valence-corrected chi connectivity index (χ4v) is 2.86. The number of hydrogen-bond acceptors (Lipinski definition) is 2. The number of benzene rings is 2. The second-order valence-electron chi connectivity index (χ2n) is 5.81. The minimum Gasteiger partial charge on any atom is -0.481 e. The van der Waals surface area contributed by atoms with Crippen LogP contribution in [0.5, 0.6) is 0 Å². The number of halogens is 2. The Morgan fingerprint density at radius 2 is 1.72 bits per heavy atom. The Morgan fingerprint density at radius 1 is 1.00 bits per heavy atom. The standard InChI is InChI=1S/C19H19Cl2NO3/c20-16-9-7-14(10-17(16)21)11-18(23)22-15(12-19(24)25)8-6-13-4-2-1-3-5-13/h1-5,7,9-10,15H,6,8,11-12H2,(H,22,23)(H,24,25). The van der Waals surface area contributed by atoms with Crippen LogP contribution in [0.4, 0.5) is 0 Å². The Kier molecular flexibility index (Phi) is 7.29. The van der Waals surface area contributed by atoms with E-state index in [1.165, 1.54) is 0 Å². The normalized spacial score (nSPS) is 11.8. The average Bonchev–Trinajstić information content (AvgIpc) is 2.56. The predicted molar refractivity (Wildman–Crippen MR) is 99.1 cm³/mol. The summed E-state index contributed by atoms with van der Waals surface area (Å²) in [5, 5.41) is 12.7. The molecule has 0 saturated carbocycles. The van der Waals surface area contributed by atoms with E-state index in [9.17, 15) is 9.59 Å². The van der Waals surface area contributed by atoms with Gasteiger partial charge >= 0.3 is 5.97 Å². The van der Waals surface area contributed by atoms with Crippen molar-refractivity contribution in [2.24, 2.45) is 0 Å². The van der Waals surface area contributed by atoms with Gasteiger partial charge in [-0.15, -0.1) is 0 Å². The van der Waals surface area contributed by atoms with Gasteiger partial charge in [-0.2, -0.15) is 0 Å². The van der Waals surface area contributed by atoms with Gasteiger partial charge in [0.2, 0.25) is 5.91 Å². The third kappa shape index (κ3) is 6.77. The zero-order valence-corrected chi connectivity index (χ0v) is 15.1. The molecule has 1 amide bonds. The molecule has 0 aromatic heterocycles. The van der Waals surface area contributed by atoms with Crippen LogP contribution in [-0.4, -0.2) is 23.0 Å². The highest BCUT2D eigenvalue weighted by atomic mass is 35.5. The van der Waals surface area contributed by atoms with Crippen LogP contribution >= 0.6 is 23.2 Å². The van der Waals surface area contributed by atoms with E-state index in [-0.39, 0.29) is 18.7 Å². The van der Waals surface area contributed by atoms with Crippen molar-refractivity contribution in [2.45, 2.75) is 31.7 Å². The number of nitrogens with one attached hydrogen (secondary N) is 1. The van der Waals surface area contributed by atoms with Crippen LogP contribution in [0.1, 0.15) is 24.0 Å². The van der Waals surface area contributed by atoms with E-state index in [2.05, 4.69) is 5.32 Å². The number of amides is 1. The number of carbonyl (C=O) groups excluding carboxylic acids is 1. The number of carboxylic acids is 1. The van der Waals surface area contributed by atoms with E-state index < -0.39 is 12.0 Å². The van der Waals surface area contributed by atoms with Crippen molar-refractivity contribution in [3.63, 3.8) is 0 Å². The third-order valence-electron chi connectivity index (χ3n) is 3.76. The highest BCUT2D eigenvalue weighted by Crippen LogP contribution is 2.22. The molecule has 2 rings (SSSR count). The van der Waals surface area contributed by atoms with Crippen LogP contribution < -0.4 is 5.32 Å². The zero-order chi connectivity index (χ0) is 18.2. The van der Waals surface area contributed by atoms with Crippen LogP contribution in [0.15, 0.2) is 48.5 Å². The quantitative estimate of drug-likeness (QED) is 0.724. The lowest BCUT2D eigenvalue weighted by molar-refractivity contribution is -0.137. The van der Waals surface area contributed by atoms with Gasteiger partial charge in [0.1, 0.15) is 0 Å². The second-order valence-corrected chi connectivity index (χ2v) is 6.63. The summed E-state index contributed by atoms with van der Waals surface area (Å²) in [6, 6.07) is 14.3. The van der Waals surface area contributed by atoms with Crippen molar-refractivity contribution in [3.05, 3.63) is 69.7 Å². The lowest BCUT2D eigenvalue weighted by Gasteiger charge is -2.17. The molecule has 0 aliphatic rings. The van der Waals surface area contributed by atoms with E-state index in [1.807, 2.05) is 30.3 Å². The summed E-state index contributed by atoms with van der Waals surface area (Å²) in [5.41, 5.74) is 1.83. The fraction of sp³-hybridized carbons (Fsp3) is 0.263. The molecular formula is C19H19Cl2NO3. The van der Waals surface area contributed by atoms with Crippen molar-refractivity contribution in [1.29, 1.82) is 0 Å². The van der Waals surface area contributed by atoms with E-state index in [0.29, 0.717) is 22.9 Å². The highest BCUT2D eigenvalue weighted by molar-refractivity contribution is 6.42. The average molecular weight is 380 g/mol. The molecule has 25 heavy (non-hydrogen) atoms. The number of carboxylic acid groups (broad SMARTS) is 1. The van der Waals surface area contributed by atoms with Gasteiger partial charge in [0.25, 0.3) is 0 Å². The maximum Gasteiger partial charge on any atom is 0.305 e. The first-order valence-electron chi connectivity index (χ1n) is 7.93. The SMILES string of the molecule is O=C(O)CC(CCc1ccccc1)NC(=O)Cc1ccc(Cl)c(Cl)c1. The molecule has 2 aromatic rings. The summed E-state index contributed by atoms with van der Waals surface area (Å²) < 4.78 is 0. The minimum atomic E-state index is -0.937. The Balaban J connectivity index is 1.94. The second kappa shape index (κ2) is 9.44. The van der Waals surface area contributed by atoms with Crippen LogP contribution in [0, 0.1) is 0 Å². The Morgan fingerprint density at radius 3 is 2.36 bits per heavy atom. The molecule has 0 aliphatic heterocycles. The van der Waals surface area contributed by atoms with E-state index in [0.717, 1.165) is 11.1 Å². The largest absolute Gasteiger partial charge is 0.481 e. The molecule has 132 valence electrons. The number of carbonyl (C=O) groups is 2. The van der Waals surface area contributed by atoms with Crippen molar-refractivity contribution in [1.82, 2.24) is 5.32 Å². The molecule has 0 radical (unpaired) electrons. The molecular weight excluding hydrogens is 361 g/mol. The van der Waals surface area contributed by atoms with Gasteiger partial charge in [-0.3, -0.25) is 9.59 Å². The molecule has 4 nitrogen and oxygen atoms in total. The molecule has 1 atom stereocenters. The highest BCUT2D eigenvalue weighted by Gasteiger charge is 2.16. The fourth-order valence-electron chi connectivity index (χ4n) is 2.54. The van der Waals surface area contributed by atoms with Crippen molar-refractivity contribution in [2.75, 3.05) is 0 Å². The Hall–Kier alpha value is -2.04. The summed E-state index contributed by atoms with van der Waals surface area (Å²) in [6.07, 6.45) is 1.27. The molecule has 0 fully saturated rings. The number of rotatable bonds is 8. The number of aryl methyl sites for hydroxylation is 1. The minimum absolute atomic E-state index is 0.111. The molecule has 0 heterocycles. The summed E-state index contributed by atoms with van der Waals surface area (Å²) in [6.45, 7) is 0. The maximum absolute atomic E-state index is 12.2. The maximum atomic E-state index is 12.2. The molecule has 0 saturated heterocycles. The van der Waals surface area contributed by atoms with E-state index in [1.54, 1.807) is 18.2 Å². The van der Waals surface area contributed by atoms with Gasteiger partial charge in [-0.1, -0.05) is 59.6 Å². The first-order valence-corrected chi connectivity index (χ1v) is 8.68. The summed E-state index contributed by atoms with van der Waals surface area (Å²) >= 11 is 11.8. The van der Waals surface area contributed by atoms with Crippen molar-refractivity contribution in [3.8, 4) is 0 Å². The lowest BCUT2D eigenvalue weighted by Crippen LogP contribution is -2.37. The zero-order valence-electron chi connectivity index (χ0n) is 13.5. The van der Waals surface area contributed by atoms with Gasteiger partial charge in [0.15, 0.2) is 0 Å². The Bertz CT molecular complexity index is 735. The molecule has 0 bridgehead atoms. The molecule has 6 heteroatoms. The van der Waals surface area contributed by atoms with Gasteiger partial charge in [0.05, 0.1) is 22.9 Å². The van der Waals surface area contributed by atoms with Crippen LogP contribution in [0.2, 0.25) is 10.0 Å². The van der Waals surface area contributed by atoms with Crippen molar-refractivity contribution < 1.29 is 14.7 Å². The van der Waals surface area contributed by atoms with Gasteiger partial charge in [0, 0.05) is 6.04 Å². The van der Waals surface area contributed by atoms with E-state index in [4.69, 9.17) is 28.3 Å².